The normalized spacial score (nSPS) is 10.8. The molecule has 140 valence electrons. The molecule has 0 bridgehead atoms. The zero-order chi connectivity index (χ0) is 19.5. The van der Waals surface area contributed by atoms with Crippen LogP contribution in [0.1, 0.15) is 5.69 Å². The molecular formula is C19H18N8O. The minimum Gasteiger partial charge on any atom is -0.368 e. The molecule has 3 aromatic heterocycles. The maximum absolute atomic E-state index is 12.5. The van der Waals surface area contributed by atoms with Gasteiger partial charge >= 0.3 is 0 Å². The number of hydrogen-bond acceptors (Lipinski definition) is 6. The van der Waals surface area contributed by atoms with Crippen LogP contribution in [0.3, 0.4) is 0 Å². The Bertz CT molecular complexity index is 1120. The van der Waals surface area contributed by atoms with Crippen LogP contribution in [0.15, 0.2) is 61.1 Å². The van der Waals surface area contributed by atoms with Gasteiger partial charge in [0.25, 0.3) is 0 Å². The number of amides is 1. The van der Waals surface area contributed by atoms with E-state index in [1.165, 1.54) is 0 Å². The average Bonchev–Trinajstić information content (AvgIpc) is 3.29. The summed E-state index contributed by atoms with van der Waals surface area (Å²) in [5.74, 6) is 0.575. The van der Waals surface area contributed by atoms with E-state index in [-0.39, 0.29) is 18.4 Å². The van der Waals surface area contributed by atoms with Gasteiger partial charge in [-0.3, -0.25) is 9.48 Å². The van der Waals surface area contributed by atoms with E-state index >= 15 is 0 Å². The Hall–Kier alpha value is -4.01. The van der Waals surface area contributed by atoms with Crippen molar-refractivity contribution in [3.63, 3.8) is 0 Å². The van der Waals surface area contributed by atoms with Crippen LogP contribution in [0.25, 0.3) is 16.9 Å². The molecule has 9 nitrogen and oxygen atoms in total. The molecule has 0 fully saturated rings. The molecule has 28 heavy (non-hydrogen) atoms. The molecule has 0 unspecified atom stereocenters. The molecule has 3 N–H and O–H groups in total. The van der Waals surface area contributed by atoms with E-state index in [9.17, 15) is 4.79 Å². The number of nitrogens with two attached hydrogens (primary N) is 1. The van der Waals surface area contributed by atoms with Gasteiger partial charge in [0, 0.05) is 24.0 Å². The van der Waals surface area contributed by atoms with Crippen molar-refractivity contribution in [2.75, 3.05) is 11.1 Å². The molecule has 0 aliphatic rings. The Morgan fingerprint density at radius 2 is 2.04 bits per heavy atom. The lowest BCUT2D eigenvalue weighted by atomic mass is 10.2. The number of rotatable bonds is 5. The second kappa shape index (κ2) is 7.31. The van der Waals surface area contributed by atoms with Crippen LogP contribution in [-0.4, -0.2) is 35.4 Å². The summed E-state index contributed by atoms with van der Waals surface area (Å²) in [7, 11) is 0. The summed E-state index contributed by atoms with van der Waals surface area (Å²) in [6.07, 6.45) is 4.95. The molecule has 4 aromatic rings. The van der Waals surface area contributed by atoms with Crippen LogP contribution in [0, 0.1) is 6.92 Å². The Labute approximate surface area is 160 Å². The number of aromatic nitrogens is 6. The number of anilines is 2. The molecule has 4 rings (SSSR count). The highest BCUT2D eigenvalue weighted by Crippen LogP contribution is 2.18. The van der Waals surface area contributed by atoms with Gasteiger partial charge in [0.05, 0.1) is 23.3 Å². The van der Waals surface area contributed by atoms with Crippen LogP contribution in [0.4, 0.5) is 11.8 Å². The monoisotopic (exact) mass is 374 g/mol. The zero-order valence-electron chi connectivity index (χ0n) is 15.1. The molecule has 0 aliphatic carbocycles. The first kappa shape index (κ1) is 17.4. The molecule has 3 heterocycles. The molecule has 0 aliphatic heterocycles. The van der Waals surface area contributed by atoms with Crippen molar-refractivity contribution in [2.24, 2.45) is 0 Å². The predicted octanol–water partition coefficient (Wildman–Crippen LogP) is 2.06. The summed E-state index contributed by atoms with van der Waals surface area (Å²) in [5, 5.41) is 11.6. The minimum atomic E-state index is -0.214. The van der Waals surface area contributed by atoms with E-state index in [0.717, 1.165) is 16.9 Å². The number of aryl methyl sites for hydroxylation is 1. The van der Waals surface area contributed by atoms with E-state index in [0.29, 0.717) is 11.5 Å². The number of nitrogen functional groups attached to an aromatic ring is 1. The fourth-order valence-electron chi connectivity index (χ4n) is 2.80. The van der Waals surface area contributed by atoms with Gasteiger partial charge in [0.1, 0.15) is 12.4 Å². The Morgan fingerprint density at radius 3 is 2.82 bits per heavy atom. The summed E-state index contributed by atoms with van der Waals surface area (Å²) in [4.78, 5) is 20.5. The number of carbonyl (C=O) groups is 1. The van der Waals surface area contributed by atoms with Gasteiger partial charge in [-0.1, -0.05) is 18.2 Å². The smallest absolute Gasteiger partial charge is 0.247 e. The number of nitrogens with zero attached hydrogens (tertiary/aromatic N) is 6. The number of hydrogen-bond donors (Lipinski definition) is 2. The SMILES string of the molecule is Cc1cc(NC(=O)Cn2cc(-c3ccnc(N)n3)cn2)n(-c2ccccc2)n1. The van der Waals surface area contributed by atoms with Crippen molar-refractivity contribution in [3.05, 3.63) is 66.7 Å². The number of nitrogens with one attached hydrogen (secondary N) is 1. The topological polar surface area (TPSA) is 117 Å². The Balaban J connectivity index is 1.49. The summed E-state index contributed by atoms with van der Waals surface area (Å²) in [6.45, 7) is 1.93. The molecule has 9 heteroatoms. The van der Waals surface area contributed by atoms with Crippen LogP contribution >= 0.6 is 0 Å². The molecule has 1 aromatic carbocycles. The number of benzene rings is 1. The van der Waals surface area contributed by atoms with E-state index in [2.05, 4.69) is 25.5 Å². The van der Waals surface area contributed by atoms with E-state index in [4.69, 9.17) is 5.73 Å². The Kier molecular flexibility index (Phi) is 4.55. The molecular weight excluding hydrogens is 356 g/mol. The molecule has 0 saturated carbocycles. The minimum absolute atomic E-state index is 0.0551. The fourth-order valence-corrected chi connectivity index (χ4v) is 2.80. The lowest BCUT2D eigenvalue weighted by molar-refractivity contribution is -0.116. The number of para-hydroxylation sites is 1. The zero-order valence-corrected chi connectivity index (χ0v) is 15.1. The van der Waals surface area contributed by atoms with E-state index in [1.807, 2.05) is 43.3 Å². The first-order chi connectivity index (χ1) is 13.6. The number of carbonyl (C=O) groups excluding carboxylic acids is 1. The van der Waals surface area contributed by atoms with Crippen molar-refractivity contribution in [1.29, 1.82) is 0 Å². The van der Waals surface area contributed by atoms with Gasteiger partial charge in [-0.05, 0) is 25.1 Å². The maximum atomic E-state index is 12.5. The fraction of sp³-hybridized carbons (Fsp3) is 0.105. The molecule has 0 atom stereocenters. The summed E-state index contributed by atoms with van der Waals surface area (Å²) in [5.41, 5.74) is 8.69. The summed E-state index contributed by atoms with van der Waals surface area (Å²) in [6, 6.07) is 13.2. The first-order valence-corrected chi connectivity index (χ1v) is 8.62. The third-order valence-corrected chi connectivity index (χ3v) is 4.01. The van der Waals surface area contributed by atoms with Gasteiger partial charge < -0.3 is 11.1 Å². The van der Waals surface area contributed by atoms with Gasteiger partial charge in [0.2, 0.25) is 11.9 Å². The predicted molar refractivity (Wildman–Crippen MR) is 105 cm³/mol. The van der Waals surface area contributed by atoms with Crippen LogP contribution in [-0.2, 0) is 11.3 Å². The highest BCUT2D eigenvalue weighted by atomic mass is 16.2. The maximum Gasteiger partial charge on any atom is 0.247 e. The largest absolute Gasteiger partial charge is 0.368 e. The third kappa shape index (κ3) is 3.73. The first-order valence-electron chi connectivity index (χ1n) is 8.62. The van der Waals surface area contributed by atoms with Crippen LogP contribution in [0.5, 0.6) is 0 Å². The lowest BCUT2D eigenvalue weighted by Crippen LogP contribution is -2.20. The van der Waals surface area contributed by atoms with Crippen molar-refractivity contribution in [3.8, 4) is 16.9 Å². The summed E-state index contributed by atoms with van der Waals surface area (Å²) >= 11 is 0. The molecule has 0 spiro atoms. The van der Waals surface area contributed by atoms with Crippen LogP contribution < -0.4 is 11.1 Å². The Morgan fingerprint density at radius 1 is 1.21 bits per heavy atom. The van der Waals surface area contributed by atoms with Crippen molar-refractivity contribution in [1.82, 2.24) is 29.5 Å². The average molecular weight is 374 g/mol. The molecule has 0 radical (unpaired) electrons. The van der Waals surface area contributed by atoms with Crippen molar-refractivity contribution >= 4 is 17.7 Å². The third-order valence-electron chi connectivity index (χ3n) is 4.01. The van der Waals surface area contributed by atoms with Crippen LogP contribution in [0.2, 0.25) is 0 Å². The molecule has 1 amide bonds. The molecule has 0 saturated heterocycles. The highest BCUT2D eigenvalue weighted by molar-refractivity contribution is 5.90. The standard InChI is InChI=1S/C19H18N8O/c1-13-9-17(27(25-13)15-5-3-2-4-6-15)24-18(28)12-26-11-14(10-22-26)16-7-8-21-19(20)23-16/h2-11H,12H2,1H3,(H,24,28)(H2,20,21,23). The van der Waals surface area contributed by atoms with E-state index in [1.54, 1.807) is 34.0 Å². The van der Waals surface area contributed by atoms with Gasteiger partial charge in [-0.25, -0.2) is 14.6 Å². The quantitative estimate of drug-likeness (QED) is 0.552. The van der Waals surface area contributed by atoms with Gasteiger partial charge in [-0.15, -0.1) is 0 Å². The lowest BCUT2D eigenvalue weighted by Gasteiger charge is -2.09. The second-order valence-corrected chi connectivity index (χ2v) is 6.19. The van der Waals surface area contributed by atoms with Crippen molar-refractivity contribution < 1.29 is 4.79 Å². The van der Waals surface area contributed by atoms with Gasteiger partial charge in [0.15, 0.2) is 0 Å². The highest BCUT2D eigenvalue weighted by Gasteiger charge is 2.12. The van der Waals surface area contributed by atoms with Crippen molar-refractivity contribution in [2.45, 2.75) is 13.5 Å². The summed E-state index contributed by atoms with van der Waals surface area (Å²) < 4.78 is 3.24. The second-order valence-electron chi connectivity index (χ2n) is 6.19. The van der Waals surface area contributed by atoms with E-state index < -0.39 is 0 Å². The van der Waals surface area contributed by atoms with Gasteiger partial charge in [-0.2, -0.15) is 10.2 Å².